The summed E-state index contributed by atoms with van der Waals surface area (Å²) in [5.41, 5.74) is 0. The van der Waals surface area contributed by atoms with Crippen LogP contribution in [0.1, 0.15) is 0 Å². The van der Waals surface area contributed by atoms with Crippen LogP contribution in [0.3, 0.4) is 0 Å². The number of methoxy groups -OCH3 is 1. The molecule has 0 bridgehead atoms. The van der Waals surface area contributed by atoms with E-state index in [2.05, 4.69) is 9.47 Å². The monoisotopic (exact) mass is 180 g/mol. The van der Waals surface area contributed by atoms with Crippen LogP contribution in [0.15, 0.2) is 0 Å². The van der Waals surface area contributed by atoms with Gasteiger partial charge in [0.2, 0.25) is 0 Å². The number of ether oxygens (including phenoxy) is 2. The van der Waals surface area contributed by atoms with Crippen molar-refractivity contribution in [3.05, 3.63) is 0 Å². The van der Waals surface area contributed by atoms with Crippen molar-refractivity contribution < 1.29 is 29.9 Å². The van der Waals surface area contributed by atoms with Gasteiger partial charge in [0, 0.05) is 7.11 Å². The Morgan fingerprint density at radius 3 is 2.08 bits per heavy atom. The van der Waals surface area contributed by atoms with Crippen LogP contribution in [0, 0.1) is 0 Å². The molecule has 4 N–H and O–H groups in total. The highest BCUT2D eigenvalue weighted by atomic mass is 16.7. The first-order valence-corrected chi connectivity index (χ1v) is 3.48. The van der Waals surface area contributed by atoms with Gasteiger partial charge in [-0.2, -0.15) is 0 Å². The van der Waals surface area contributed by atoms with Gasteiger partial charge in [0.1, 0.15) is 18.3 Å². The summed E-state index contributed by atoms with van der Waals surface area (Å²) in [4.78, 5) is 0. The minimum absolute atomic E-state index is 1.11. The standard InChI is InChI=1S/C6H12O6/c1-11-6-4(9)2(7)3(8)5(10)12-6/h2-10H,1H3/t2-,3-,4?,5?,6+/m0/s1. The molecule has 12 heavy (non-hydrogen) atoms. The molecule has 6 heteroatoms. The highest BCUT2D eigenvalue weighted by Crippen LogP contribution is 2.19. The molecular formula is C6H12O6. The fraction of sp³-hybridized carbons (Fsp3) is 1.00. The molecule has 1 aliphatic heterocycles. The second-order valence-corrected chi connectivity index (χ2v) is 2.60. The van der Waals surface area contributed by atoms with Gasteiger partial charge >= 0.3 is 0 Å². The fourth-order valence-corrected chi connectivity index (χ4v) is 1.03. The molecule has 1 heterocycles. The summed E-state index contributed by atoms with van der Waals surface area (Å²) < 4.78 is 9.19. The number of hydrogen-bond donors (Lipinski definition) is 4. The zero-order valence-corrected chi connectivity index (χ0v) is 6.49. The molecule has 0 amide bonds. The van der Waals surface area contributed by atoms with E-state index in [0.717, 1.165) is 0 Å². The molecule has 6 nitrogen and oxygen atoms in total. The molecule has 1 aliphatic rings. The maximum atomic E-state index is 9.15. The normalized spacial score (nSPS) is 49.2. The molecule has 0 spiro atoms. The lowest BCUT2D eigenvalue weighted by atomic mass is 10.0. The van der Waals surface area contributed by atoms with Crippen LogP contribution in [-0.4, -0.2) is 58.4 Å². The van der Waals surface area contributed by atoms with Gasteiger partial charge in [0.25, 0.3) is 0 Å². The third-order valence-electron chi connectivity index (χ3n) is 1.78. The Labute approximate surface area is 69.0 Å². The van der Waals surface area contributed by atoms with Gasteiger partial charge in [-0.05, 0) is 0 Å². The Kier molecular flexibility index (Phi) is 2.99. The van der Waals surface area contributed by atoms with Crippen LogP contribution < -0.4 is 0 Å². The molecule has 1 fully saturated rings. The van der Waals surface area contributed by atoms with Crippen molar-refractivity contribution >= 4 is 0 Å². The minimum atomic E-state index is -1.53. The Hall–Kier alpha value is -0.240. The summed E-state index contributed by atoms with van der Waals surface area (Å²) in [5.74, 6) is 0. The summed E-state index contributed by atoms with van der Waals surface area (Å²) in [6.07, 6.45) is -6.97. The van der Waals surface area contributed by atoms with E-state index in [-0.39, 0.29) is 0 Å². The Balaban J connectivity index is 2.63. The van der Waals surface area contributed by atoms with Crippen molar-refractivity contribution in [2.75, 3.05) is 7.11 Å². The summed E-state index contributed by atoms with van der Waals surface area (Å²) in [5, 5.41) is 36.2. The van der Waals surface area contributed by atoms with Gasteiger partial charge in [0.15, 0.2) is 12.6 Å². The first kappa shape index (κ1) is 9.85. The van der Waals surface area contributed by atoms with E-state index < -0.39 is 30.9 Å². The second kappa shape index (κ2) is 3.65. The van der Waals surface area contributed by atoms with E-state index in [1.54, 1.807) is 0 Å². The lowest BCUT2D eigenvalue weighted by molar-refractivity contribution is -0.334. The van der Waals surface area contributed by atoms with Gasteiger partial charge in [-0.15, -0.1) is 0 Å². The predicted octanol–water partition coefficient (Wildman–Crippen LogP) is -2.61. The summed E-state index contributed by atoms with van der Waals surface area (Å²) in [7, 11) is 1.25. The molecule has 1 saturated heterocycles. The van der Waals surface area contributed by atoms with Crippen molar-refractivity contribution in [3.63, 3.8) is 0 Å². The van der Waals surface area contributed by atoms with Gasteiger partial charge < -0.3 is 29.9 Å². The predicted molar refractivity (Wildman–Crippen MR) is 35.9 cm³/mol. The van der Waals surface area contributed by atoms with Crippen molar-refractivity contribution in [3.8, 4) is 0 Å². The first-order chi connectivity index (χ1) is 5.57. The quantitative estimate of drug-likeness (QED) is 0.353. The Bertz CT molecular complexity index is 146. The van der Waals surface area contributed by atoms with Gasteiger partial charge in [0.05, 0.1) is 0 Å². The lowest BCUT2D eigenvalue weighted by Gasteiger charge is -2.37. The van der Waals surface area contributed by atoms with Crippen molar-refractivity contribution in [1.82, 2.24) is 0 Å². The van der Waals surface area contributed by atoms with Crippen molar-refractivity contribution in [2.45, 2.75) is 30.9 Å². The number of aliphatic hydroxyl groups excluding tert-OH is 4. The van der Waals surface area contributed by atoms with Crippen LogP contribution >= 0.6 is 0 Å². The summed E-state index contributed by atoms with van der Waals surface area (Å²) in [6.45, 7) is 0. The van der Waals surface area contributed by atoms with Crippen LogP contribution in [0.25, 0.3) is 0 Å². The molecule has 0 aromatic rings. The van der Waals surface area contributed by atoms with E-state index >= 15 is 0 Å². The molecule has 0 radical (unpaired) electrons. The molecular weight excluding hydrogens is 168 g/mol. The third-order valence-corrected chi connectivity index (χ3v) is 1.78. The average molecular weight is 180 g/mol. The first-order valence-electron chi connectivity index (χ1n) is 3.48. The maximum Gasteiger partial charge on any atom is 0.188 e. The van der Waals surface area contributed by atoms with Crippen LogP contribution in [0.5, 0.6) is 0 Å². The van der Waals surface area contributed by atoms with Crippen molar-refractivity contribution in [1.29, 1.82) is 0 Å². The van der Waals surface area contributed by atoms with Gasteiger partial charge in [-0.3, -0.25) is 0 Å². The molecule has 5 atom stereocenters. The van der Waals surface area contributed by atoms with E-state index in [4.69, 9.17) is 20.4 Å². The van der Waals surface area contributed by atoms with Crippen LogP contribution in [0.4, 0.5) is 0 Å². The van der Waals surface area contributed by atoms with Gasteiger partial charge in [-0.1, -0.05) is 0 Å². The van der Waals surface area contributed by atoms with E-state index in [1.807, 2.05) is 0 Å². The maximum absolute atomic E-state index is 9.15. The molecule has 0 aliphatic carbocycles. The highest BCUT2D eigenvalue weighted by molar-refractivity contribution is 4.84. The van der Waals surface area contributed by atoms with E-state index in [0.29, 0.717) is 0 Å². The number of aliphatic hydroxyl groups is 4. The smallest absolute Gasteiger partial charge is 0.188 e. The molecule has 0 aromatic carbocycles. The zero-order chi connectivity index (χ0) is 9.30. The SMILES string of the molecule is CO[C@@H]1OC(O)[C@@H](O)[C@H](O)C1O. The fourth-order valence-electron chi connectivity index (χ4n) is 1.03. The topological polar surface area (TPSA) is 99.4 Å². The lowest BCUT2D eigenvalue weighted by Crippen LogP contribution is -2.57. The summed E-state index contributed by atoms with van der Waals surface area (Å²) in [6, 6.07) is 0. The zero-order valence-electron chi connectivity index (χ0n) is 6.49. The number of rotatable bonds is 1. The molecule has 0 saturated carbocycles. The Morgan fingerprint density at radius 1 is 1.00 bits per heavy atom. The van der Waals surface area contributed by atoms with Crippen LogP contribution in [0.2, 0.25) is 0 Å². The molecule has 0 aromatic heterocycles. The second-order valence-electron chi connectivity index (χ2n) is 2.60. The molecule has 72 valence electrons. The Morgan fingerprint density at radius 2 is 1.58 bits per heavy atom. The van der Waals surface area contributed by atoms with Crippen molar-refractivity contribution in [2.24, 2.45) is 0 Å². The largest absolute Gasteiger partial charge is 0.387 e. The summed E-state index contributed by atoms with van der Waals surface area (Å²) >= 11 is 0. The van der Waals surface area contributed by atoms with E-state index in [9.17, 15) is 0 Å². The van der Waals surface area contributed by atoms with Crippen LogP contribution in [-0.2, 0) is 9.47 Å². The molecule has 1 rings (SSSR count). The minimum Gasteiger partial charge on any atom is -0.387 e. The molecule has 2 unspecified atom stereocenters. The average Bonchev–Trinajstić information content (AvgIpc) is 2.08. The van der Waals surface area contributed by atoms with Gasteiger partial charge in [-0.25, -0.2) is 0 Å². The van der Waals surface area contributed by atoms with E-state index in [1.165, 1.54) is 7.11 Å². The highest BCUT2D eigenvalue weighted by Gasteiger charge is 2.43. The number of hydrogen-bond acceptors (Lipinski definition) is 6. The third kappa shape index (κ3) is 1.58.